The molecule has 0 aromatic heterocycles. The van der Waals surface area contributed by atoms with E-state index >= 15 is 0 Å². The average molecular weight is 127 g/mol. The highest BCUT2D eigenvalue weighted by molar-refractivity contribution is 5.83. The van der Waals surface area contributed by atoms with Crippen LogP contribution in [0.4, 0.5) is 0 Å². The van der Waals surface area contributed by atoms with Crippen LogP contribution in [0.3, 0.4) is 0 Å². The summed E-state index contributed by atoms with van der Waals surface area (Å²) in [6.07, 6.45) is 0. The predicted octanol–water partition coefficient (Wildman–Crippen LogP) is 0.625. The molecule has 0 heterocycles. The van der Waals surface area contributed by atoms with E-state index in [1.54, 1.807) is 0 Å². The maximum Gasteiger partial charge on any atom is 0.219 e. The standard InChI is InChI=1S/C6H13N3/c1-5-8-6(7-2)9(3)4/h2,5H2,1,3-4H3. The molecule has 0 rings (SSSR count). The van der Waals surface area contributed by atoms with Crippen LogP contribution in [0.5, 0.6) is 0 Å². The van der Waals surface area contributed by atoms with Gasteiger partial charge in [0, 0.05) is 20.6 Å². The van der Waals surface area contributed by atoms with Gasteiger partial charge in [0.05, 0.1) is 0 Å². The topological polar surface area (TPSA) is 28.0 Å². The van der Waals surface area contributed by atoms with E-state index in [-0.39, 0.29) is 0 Å². The molecule has 9 heavy (non-hydrogen) atoms. The highest BCUT2D eigenvalue weighted by Crippen LogP contribution is 1.83. The molecule has 0 aliphatic carbocycles. The molecule has 52 valence electrons. The summed E-state index contributed by atoms with van der Waals surface area (Å²) in [5, 5.41) is 0. The fourth-order valence-corrected chi connectivity index (χ4v) is 0.474. The molecule has 0 aromatic carbocycles. The number of hydrogen-bond donors (Lipinski definition) is 0. The summed E-state index contributed by atoms with van der Waals surface area (Å²) < 4.78 is 0. The van der Waals surface area contributed by atoms with Crippen LogP contribution in [-0.4, -0.2) is 38.2 Å². The van der Waals surface area contributed by atoms with Crippen molar-refractivity contribution in [3.05, 3.63) is 0 Å². The fraction of sp³-hybridized carbons (Fsp3) is 0.667. The van der Waals surface area contributed by atoms with E-state index < -0.39 is 0 Å². The number of guanidine groups is 1. The summed E-state index contributed by atoms with van der Waals surface area (Å²) in [6.45, 7) is 6.10. The van der Waals surface area contributed by atoms with E-state index in [4.69, 9.17) is 0 Å². The van der Waals surface area contributed by atoms with Crippen LogP contribution in [0.25, 0.3) is 0 Å². The van der Waals surface area contributed by atoms with E-state index in [1.165, 1.54) is 0 Å². The van der Waals surface area contributed by atoms with Gasteiger partial charge in [0.25, 0.3) is 0 Å². The molecule has 0 bridgehead atoms. The van der Waals surface area contributed by atoms with Gasteiger partial charge in [-0.25, -0.2) is 4.99 Å². The molecule has 0 saturated heterocycles. The molecule has 0 N–H and O–H groups in total. The number of aliphatic imine (C=N–C) groups is 2. The lowest BCUT2D eigenvalue weighted by Gasteiger charge is -2.08. The second kappa shape index (κ2) is 4.06. The molecule has 0 fully saturated rings. The lowest BCUT2D eigenvalue weighted by atomic mass is 10.7. The van der Waals surface area contributed by atoms with Crippen molar-refractivity contribution in [3.8, 4) is 0 Å². The van der Waals surface area contributed by atoms with Crippen molar-refractivity contribution in [3.63, 3.8) is 0 Å². The Balaban J connectivity index is 3.97. The first-order chi connectivity index (χ1) is 4.22. The Kier molecular flexibility index (Phi) is 3.67. The zero-order valence-corrected chi connectivity index (χ0v) is 6.26. The lowest BCUT2D eigenvalue weighted by molar-refractivity contribution is 0.611. The van der Waals surface area contributed by atoms with Gasteiger partial charge < -0.3 is 4.90 Å². The van der Waals surface area contributed by atoms with Crippen molar-refractivity contribution < 1.29 is 0 Å². The molecule has 0 aromatic rings. The van der Waals surface area contributed by atoms with Crippen molar-refractivity contribution in [1.82, 2.24) is 4.90 Å². The Labute approximate surface area is 56.1 Å². The van der Waals surface area contributed by atoms with Crippen LogP contribution in [0.2, 0.25) is 0 Å². The van der Waals surface area contributed by atoms with Gasteiger partial charge >= 0.3 is 0 Å². The van der Waals surface area contributed by atoms with Gasteiger partial charge in [-0.3, -0.25) is 4.99 Å². The Morgan fingerprint density at radius 3 is 2.22 bits per heavy atom. The largest absolute Gasteiger partial charge is 0.347 e. The first-order valence-corrected chi connectivity index (χ1v) is 2.90. The molecule has 0 amide bonds. The summed E-state index contributed by atoms with van der Waals surface area (Å²) >= 11 is 0. The minimum atomic E-state index is 0.692. The number of nitrogens with zero attached hydrogens (tertiary/aromatic N) is 3. The van der Waals surface area contributed by atoms with Crippen LogP contribution in [-0.2, 0) is 0 Å². The van der Waals surface area contributed by atoms with Crippen molar-refractivity contribution >= 4 is 12.7 Å². The third kappa shape index (κ3) is 2.85. The van der Waals surface area contributed by atoms with Crippen molar-refractivity contribution in [2.75, 3.05) is 20.6 Å². The maximum atomic E-state index is 4.06. The van der Waals surface area contributed by atoms with E-state index in [0.29, 0.717) is 5.96 Å². The normalized spacial score (nSPS) is 11.2. The maximum absolute atomic E-state index is 4.06. The summed E-state index contributed by atoms with van der Waals surface area (Å²) in [7, 11) is 3.78. The van der Waals surface area contributed by atoms with Crippen LogP contribution >= 0.6 is 0 Å². The van der Waals surface area contributed by atoms with Gasteiger partial charge in [-0.1, -0.05) is 0 Å². The molecular weight excluding hydrogens is 114 g/mol. The second-order valence-electron chi connectivity index (χ2n) is 1.83. The first-order valence-electron chi connectivity index (χ1n) is 2.90. The van der Waals surface area contributed by atoms with Gasteiger partial charge in [-0.2, -0.15) is 0 Å². The van der Waals surface area contributed by atoms with Crippen molar-refractivity contribution in [2.24, 2.45) is 9.98 Å². The second-order valence-corrected chi connectivity index (χ2v) is 1.83. The Bertz CT molecular complexity index is 115. The zero-order valence-electron chi connectivity index (χ0n) is 6.26. The molecule has 0 spiro atoms. The van der Waals surface area contributed by atoms with Crippen molar-refractivity contribution in [1.29, 1.82) is 0 Å². The van der Waals surface area contributed by atoms with Crippen LogP contribution in [0.15, 0.2) is 9.98 Å². The molecule has 3 nitrogen and oxygen atoms in total. The summed E-state index contributed by atoms with van der Waals surface area (Å²) in [4.78, 5) is 9.59. The smallest absolute Gasteiger partial charge is 0.219 e. The molecule has 0 unspecified atom stereocenters. The summed E-state index contributed by atoms with van der Waals surface area (Å²) in [5.74, 6) is 0.692. The van der Waals surface area contributed by atoms with Gasteiger partial charge in [-0.15, -0.1) is 0 Å². The Morgan fingerprint density at radius 2 is 2.11 bits per heavy atom. The van der Waals surface area contributed by atoms with Crippen LogP contribution in [0.1, 0.15) is 6.92 Å². The predicted molar refractivity (Wildman–Crippen MR) is 41.2 cm³/mol. The fourth-order valence-electron chi connectivity index (χ4n) is 0.474. The quantitative estimate of drug-likeness (QED) is 0.375. The lowest BCUT2D eigenvalue weighted by Crippen LogP contribution is -2.19. The highest BCUT2D eigenvalue weighted by Gasteiger charge is 1.92. The minimum absolute atomic E-state index is 0.692. The van der Waals surface area contributed by atoms with Gasteiger partial charge in [-0.05, 0) is 13.6 Å². The molecule has 0 aliphatic heterocycles. The number of rotatable bonds is 1. The van der Waals surface area contributed by atoms with Crippen LogP contribution in [0, 0.1) is 0 Å². The monoisotopic (exact) mass is 127 g/mol. The molecular formula is C6H13N3. The Hall–Kier alpha value is -0.860. The van der Waals surface area contributed by atoms with Gasteiger partial charge in [0.15, 0.2) is 0 Å². The zero-order chi connectivity index (χ0) is 7.28. The third-order valence-corrected chi connectivity index (χ3v) is 0.841. The van der Waals surface area contributed by atoms with E-state index in [0.717, 1.165) is 6.54 Å². The SMILES string of the molecule is C=NC(=NCC)N(C)C. The van der Waals surface area contributed by atoms with Gasteiger partial charge in [0.2, 0.25) is 5.96 Å². The van der Waals surface area contributed by atoms with Crippen LogP contribution < -0.4 is 0 Å². The minimum Gasteiger partial charge on any atom is -0.347 e. The van der Waals surface area contributed by atoms with E-state index in [1.807, 2.05) is 25.9 Å². The van der Waals surface area contributed by atoms with Crippen molar-refractivity contribution in [2.45, 2.75) is 6.92 Å². The highest BCUT2D eigenvalue weighted by atomic mass is 15.2. The average Bonchev–Trinajstić information content (AvgIpc) is 1.82. The van der Waals surface area contributed by atoms with Gasteiger partial charge in [0.1, 0.15) is 0 Å². The Morgan fingerprint density at radius 1 is 1.56 bits per heavy atom. The molecule has 0 atom stereocenters. The molecule has 0 radical (unpaired) electrons. The van der Waals surface area contributed by atoms with E-state index in [9.17, 15) is 0 Å². The first kappa shape index (κ1) is 8.14. The van der Waals surface area contributed by atoms with E-state index in [2.05, 4.69) is 16.7 Å². The number of hydrogen-bond acceptors (Lipinski definition) is 1. The molecule has 3 heteroatoms. The molecule has 0 aliphatic rings. The molecule has 0 saturated carbocycles. The summed E-state index contributed by atoms with van der Waals surface area (Å²) in [5.41, 5.74) is 0. The third-order valence-electron chi connectivity index (χ3n) is 0.841. The summed E-state index contributed by atoms with van der Waals surface area (Å²) in [6, 6.07) is 0.